The highest BCUT2D eigenvalue weighted by Crippen LogP contribution is 2.23. The normalized spacial score (nSPS) is 20.8. The van der Waals surface area contributed by atoms with Crippen molar-refractivity contribution in [2.24, 2.45) is 5.73 Å². The van der Waals surface area contributed by atoms with Gasteiger partial charge in [-0.25, -0.2) is 12.8 Å². The Balaban J connectivity index is 2.39. The summed E-state index contributed by atoms with van der Waals surface area (Å²) < 4.78 is 39.2. The number of hydrogen-bond donors (Lipinski definition) is 1. The van der Waals surface area contributed by atoms with Gasteiger partial charge >= 0.3 is 0 Å². The van der Waals surface area contributed by atoms with E-state index in [-0.39, 0.29) is 18.2 Å². The maximum absolute atomic E-state index is 13.7. The van der Waals surface area contributed by atoms with Crippen LogP contribution in [-0.4, -0.2) is 31.9 Å². The zero-order valence-corrected chi connectivity index (χ0v) is 10.3. The minimum atomic E-state index is -3.86. The molecule has 18 heavy (non-hydrogen) atoms. The molecule has 0 bridgehead atoms. The molecule has 1 aromatic rings. The molecule has 1 heterocycles. The average Bonchev–Trinajstić information content (AvgIpc) is 2.76. The molecule has 0 saturated carbocycles. The smallest absolute Gasteiger partial charge is 0.246 e. The summed E-state index contributed by atoms with van der Waals surface area (Å²) in [5, 5.41) is 8.61. The highest BCUT2D eigenvalue weighted by atomic mass is 32.2. The van der Waals surface area contributed by atoms with Gasteiger partial charge in [-0.3, -0.25) is 0 Å². The Bertz CT molecular complexity index is 609. The first-order chi connectivity index (χ1) is 8.45. The number of nitriles is 1. The van der Waals surface area contributed by atoms with Crippen LogP contribution in [0.25, 0.3) is 0 Å². The molecule has 0 aromatic heterocycles. The molecule has 1 aromatic carbocycles. The molecule has 2 N–H and O–H groups in total. The minimum Gasteiger partial charge on any atom is -0.326 e. The first kappa shape index (κ1) is 13.0. The fourth-order valence-electron chi connectivity index (χ4n) is 1.89. The summed E-state index contributed by atoms with van der Waals surface area (Å²) in [6.45, 7) is 0.491. The average molecular weight is 269 g/mol. The van der Waals surface area contributed by atoms with Gasteiger partial charge in [-0.1, -0.05) is 0 Å². The number of rotatable bonds is 2. The van der Waals surface area contributed by atoms with Gasteiger partial charge < -0.3 is 5.73 Å². The van der Waals surface area contributed by atoms with E-state index in [0.717, 1.165) is 12.1 Å². The van der Waals surface area contributed by atoms with Crippen LogP contribution in [0.1, 0.15) is 12.0 Å². The van der Waals surface area contributed by atoms with Gasteiger partial charge in [0, 0.05) is 19.1 Å². The Hall–Kier alpha value is -1.49. The number of nitrogens with zero attached hydrogens (tertiary/aromatic N) is 2. The zero-order chi connectivity index (χ0) is 13.3. The summed E-state index contributed by atoms with van der Waals surface area (Å²) in [5.74, 6) is -0.908. The van der Waals surface area contributed by atoms with E-state index in [1.807, 2.05) is 0 Å². The molecule has 1 fully saturated rings. The van der Waals surface area contributed by atoms with Gasteiger partial charge in [-0.05, 0) is 24.6 Å². The third kappa shape index (κ3) is 2.22. The monoisotopic (exact) mass is 269 g/mol. The lowest BCUT2D eigenvalue weighted by molar-refractivity contribution is 0.465. The van der Waals surface area contributed by atoms with Crippen LogP contribution < -0.4 is 5.73 Å². The highest BCUT2D eigenvalue weighted by Gasteiger charge is 2.32. The lowest BCUT2D eigenvalue weighted by atomic mass is 10.2. The van der Waals surface area contributed by atoms with Crippen LogP contribution in [0.2, 0.25) is 0 Å². The van der Waals surface area contributed by atoms with Crippen molar-refractivity contribution in [3.63, 3.8) is 0 Å². The van der Waals surface area contributed by atoms with Crippen LogP contribution >= 0.6 is 0 Å². The molecule has 0 amide bonds. The lowest BCUT2D eigenvalue weighted by Crippen LogP contribution is -2.32. The van der Waals surface area contributed by atoms with Crippen molar-refractivity contribution in [3.05, 3.63) is 29.6 Å². The second-order valence-electron chi connectivity index (χ2n) is 4.17. The SMILES string of the molecule is N#Cc1ccc(S(=O)(=O)N2CCC(N)C2)c(F)c1. The first-order valence-electron chi connectivity index (χ1n) is 5.40. The van der Waals surface area contributed by atoms with Crippen molar-refractivity contribution in [1.82, 2.24) is 4.31 Å². The van der Waals surface area contributed by atoms with Gasteiger partial charge in [-0.15, -0.1) is 0 Å². The standard InChI is InChI=1S/C11H12FN3O2S/c12-10-5-8(6-13)1-2-11(10)18(16,17)15-4-3-9(14)7-15/h1-2,5,9H,3-4,7,14H2. The zero-order valence-electron chi connectivity index (χ0n) is 9.51. The molecule has 1 atom stereocenters. The van der Waals surface area contributed by atoms with Crippen LogP contribution in [-0.2, 0) is 10.0 Å². The topological polar surface area (TPSA) is 87.2 Å². The summed E-state index contributed by atoms with van der Waals surface area (Å²) in [7, 11) is -3.86. The van der Waals surface area contributed by atoms with Gasteiger partial charge in [0.15, 0.2) is 0 Å². The third-order valence-corrected chi connectivity index (χ3v) is 4.76. The Labute approximate surface area is 105 Å². The summed E-state index contributed by atoms with van der Waals surface area (Å²) in [4.78, 5) is -0.407. The second kappa shape index (κ2) is 4.65. The molecule has 0 aliphatic carbocycles. The van der Waals surface area contributed by atoms with Gasteiger partial charge in [0.05, 0.1) is 11.6 Å². The number of nitrogens with two attached hydrogens (primary N) is 1. The first-order valence-corrected chi connectivity index (χ1v) is 6.84. The van der Waals surface area contributed by atoms with Crippen molar-refractivity contribution in [3.8, 4) is 6.07 Å². The van der Waals surface area contributed by atoms with Gasteiger partial charge in [0.2, 0.25) is 10.0 Å². The van der Waals surface area contributed by atoms with Crippen LogP contribution in [0.3, 0.4) is 0 Å². The Morgan fingerprint density at radius 2 is 2.22 bits per heavy atom. The highest BCUT2D eigenvalue weighted by molar-refractivity contribution is 7.89. The van der Waals surface area contributed by atoms with E-state index in [1.165, 1.54) is 10.4 Å². The van der Waals surface area contributed by atoms with E-state index in [9.17, 15) is 12.8 Å². The Morgan fingerprint density at radius 1 is 1.50 bits per heavy atom. The molecule has 5 nitrogen and oxygen atoms in total. The van der Waals surface area contributed by atoms with E-state index in [0.29, 0.717) is 13.0 Å². The van der Waals surface area contributed by atoms with E-state index in [1.54, 1.807) is 6.07 Å². The van der Waals surface area contributed by atoms with Crippen molar-refractivity contribution in [2.75, 3.05) is 13.1 Å². The second-order valence-corrected chi connectivity index (χ2v) is 6.08. The lowest BCUT2D eigenvalue weighted by Gasteiger charge is -2.16. The van der Waals surface area contributed by atoms with Crippen molar-refractivity contribution >= 4 is 10.0 Å². The number of halogens is 1. The summed E-state index contributed by atoms with van der Waals surface area (Å²) in [6, 6.07) is 4.87. The molecule has 0 radical (unpaired) electrons. The molecule has 96 valence electrons. The maximum atomic E-state index is 13.7. The third-order valence-electron chi connectivity index (χ3n) is 2.87. The summed E-state index contributed by atoms with van der Waals surface area (Å²) in [5.41, 5.74) is 5.73. The molecule has 0 spiro atoms. The molecule has 1 aliphatic heterocycles. The van der Waals surface area contributed by atoms with Crippen molar-refractivity contribution in [1.29, 1.82) is 5.26 Å². The molecule has 7 heteroatoms. The number of benzene rings is 1. The van der Waals surface area contributed by atoms with Gasteiger partial charge in [-0.2, -0.15) is 9.57 Å². The predicted octanol–water partition coefficient (Wildman–Crippen LogP) is 0.419. The van der Waals surface area contributed by atoms with Crippen LogP contribution in [0.4, 0.5) is 4.39 Å². The summed E-state index contributed by atoms with van der Waals surface area (Å²) in [6.07, 6.45) is 0.567. The van der Waals surface area contributed by atoms with Crippen molar-refractivity contribution < 1.29 is 12.8 Å². The summed E-state index contributed by atoms with van der Waals surface area (Å²) >= 11 is 0. The molecule has 1 aliphatic rings. The number of sulfonamides is 1. The molecular weight excluding hydrogens is 257 g/mol. The maximum Gasteiger partial charge on any atom is 0.246 e. The van der Waals surface area contributed by atoms with Crippen LogP contribution in [0, 0.1) is 17.1 Å². The van der Waals surface area contributed by atoms with E-state index >= 15 is 0 Å². The van der Waals surface area contributed by atoms with Crippen LogP contribution in [0.15, 0.2) is 23.1 Å². The van der Waals surface area contributed by atoms with Gasteiger partial charge in [0.25, 0.3) is 0 Å². The number of hydrogen-bond acceptors (Lipinski definition) is 4. The van der Waals surface area contributed by atoms with E-state index in [4.69, 9.17) is 11.0 Å². The molecular formula is C11H12FN3O2S. The predicted molar refractivity (Wildman–Crippen MR) is 62.5 cm³/mol. The van der Waals surface area contributed by atoms with E-state index in [2.05, 4.69) is 0 Å². The molecule has 2 rings (SSSR count). The quantitative estimate of drug-likeness (QED) is 0.842. The largest absolute Gasteiger partial charge is 0.326 e. The van der Waals surface area contributed by atoms with Crippen LogP contribution in [0.5, 0.6) is 0 Å². The minimum absolute atomic E-state index is 0.0876. The Kier molecular flexibility index (Phi) is 3.34. The fraction of sp³-hybridized carbons (Fsp3) is 0.364. The van der Waals surface area contributed by atoms with E-state index < -0.39 is 20.7 Å². The fourth-order valence-corrected chi connectivity index (χ4v) is 3.45. The molecule has 1 unspecified atom stereocenters. The van der Waals surface area contributed by atoms with Crippen molar-refractivity contribution in [2.45, 2.75) is 17.4 Å². The molecule has 1 saturated heterocycles. The van der Waals surface area contributed by atoms with Gasteiger partial charge in [0.1, 0.15) is 10.7 Å². The Morgan fingerprint density at radius 3 is 2.72 bits per heavy atom.